The Bertz CT molecular complexity index is 558. The molecular weight excluding hydrogens is 246 g/mol. The van der Waals surface area contributed by atoms with Crippen molar-refractivity contribution in [1.29, 1.82) is 0 Å². The zero-order chi connectivity index (χ0) is 12.4. The zero-order valence-electron chi connectivity index (χ0n) is 8.68. The SMILES string of the molecule is Nc1c(F)cccc1Nc1cc(F)ccc1Cl. The minimum Gasteiger partial charge on any atom is -0.395 e. The van der Waals surface area contributed by atoms with Crippen molar-refractivity contribution in [2.45, 2.75) is 0 Å². The van der Waals surface area contributed by atoms with E-state index in [1.54, 1.807) is 6.07 Å². The second kappa shape index (κ2) is 4.59. The van der Waals surface area contributed by atoms with Crippen molar-refractivity contribution in [2.24, 2.45) is 0 Å². The first kappa shape index (κ1) is 11.7. The van der Waals surface area contributed by atoms with Crippen LogP contribution in [0.15, 0.2) is 36.4 Å². The lowest BCUT2D eigenvalue weighted by atomic mass is 10.2. The van der Waals surface area contributed by atoms with Crippen molar-refractivity contribution in [2.75, 3.05) is 11.1 Å². The molecule has 0 aliphatic heterocycles. The molecule has 0 spiro atoms. The van der Waals surface area contributed by atoms with Gasteiger partial charge in [-0.05, 0) is 30.3 Å². The summed E-state index contributed by atoms with van der Waals surface area (Å²) in [5.41, 5.74) is 6.19. The summed E-state index contributed by atoms with van der Waals surface area (Å²) in [7, 11) is 0. The third kappa shape index (κ3) is 2.47. The lowest BCUT2D eigenvalue weighted by Crippen LogP contribution is -1.99. The second-order valence-electron chi connectivity index (χ2n) is 3.45. The summed E-state index contributed by atoms with van der Waals surface area (Å²) in [6.45, 7) is 0. The van der Waals surface area contributed by atoms with Crippen molar-refractivity contribution in [1.82, 2.24) is 0 Å². The van der Waals surface area contributed by atoms with E-state index < -0.39 is 11.6 Å². The van der Waals surface area contributed by atoms with Gasteiger partial charge in [-0.1, -0.05) is 17.7 Å². The van der Waals surface area contributed by atoms with Crippen molar-refractivity contribution >= 4 is 28.7 Å². The molecule has 0 atom stereocenters. The van der Waals surface area contributed by atoms with Crippen molar-refractivity contribution in [3.63, 3.8) is 0 Å². The van der Waals surface area contributed by atoms with E-state index in [1.807, 2.05) is 0 Å². The van der Waals surface area contributed by atoms with E-state index in [4.69, 9.17) is 17.3 Å². The van der Waals surface area contributed by atoms with E-state index in [0.29, 0.717) is 16.4 Å². The van der Waals surface area contributed by atoms with E-state index >= 15 is 0 Å². The largest absolute Gasteiger partial charge is 0.395 e. The molecule has 2 aromatic rings. The predicted molar refractivity (Wildman–Crippen MR) is 65.5 cm³/mol. The Balaban J connectivity index is 2.38. The molecular formula is C12H9ClF2N2. The number of rotatable bonds is 2. The summed E-state index contributed by atoms with van der Waals surface area (Å²) in [4.78, 5) is 0. The van der Waals surface area contributed by atoms with E-state index in [1.165, 1.54) is 30.3 Å². The quantitative estimate of drug-likeness (QED) is 0.797. The number of anilines is 3. The molecule has 2 aromatic carbocycles. The van der Waals surface area contributed by atoms with Gasteiger partial charge in [-0.25, -0.2) is 8.78 Å². The molecule has 0 saturated carbocycles. The maximum absolute atomic E-state index is 13.2. The summed E-state index contributed by atoms with van der Waals surface area (Å²) in [5.74, 6) is -0.977. The first-order valence-electron chi connectivity index (χ1n) is 4.84. The van der Waals surface area contributed by atoms with Crippen LogP contribution in [0, 0.1) is 11.6 Å². The summed E-state index contributed by atoms with van der Waals surface area (Å²) >= 11 is 5.87. The Kier molecular flexibility index (Phi) is 3.15. The molecule has 0 aliphatic carbocycles. The van der Waals surface area contributed by atoms with Gasteiger partial charge in [-0.3, -0.25) is 0 Å². The van der Waals surface area contributed by atoms with Gasteiger partial charge in [-0.15, -0.1) is 0 Å². The molecule has 0 aliphatic rings. The minimum absolute atomic E-state index is 0.0344. The number of hydrogen-bond donors (Lipinski definition) is 2. The fraction of sp³-hybridized carbons (Fsp3) is 0. The average Bonchev–Trinajstić information content (AvgIpc) is 2.30. The number of para-hydroxylation sites is 1. The topological polar surface area (TPSA) is 38.0 Å². The highest BCUT2D eigenvalue weighted by molar-refractivity contribution is 6.33. The fourth-order valence-electron chi connectivity index (χ4n) is 1.38. The number of nitrogens with two attached hydrogens (primary N) is 1. The van der Waals surface area contributed by atoms with Gasteiger partial charge in [0.25, 0.3) is 0 Å². The van der Waals surface area contributed by atoms with Crippen molar-refractivity contribution in [3.8, 4) is 0 Å². The van der Waals surface area contributed by atoms with Crippen LogP contribution in [-0.4, -0.2) is 0 Å². The highest BCUT2D eigenvalue weighted by atomic mass is 35.5. The Morgan fingerprint density at radius 1 is 1.06 bits per heavy atom. The van der Waals surface area contributed by atoms with Crippen LogP contribution in [0.2, 0.25) is 5.02 Å². The molecule has 0 aromatic heterocycles. The molecule has 0 fully saturated rings. The van der Waals surface area contributed by atoms with Gasteiger partial charge in [0.15, 0.2) is 0 Å². The smallest absolute Gasteiger partial charge is 0.148 e. The lowest BCUT2D eigenvalue weighted by Gasteiger charge is -2.11. The van der Waals surface area contributed by atoms with Gasteiger partial charge in [0.1, 0.15) is 11.6 Å². The summed E-state index contributed by atoms with van der Waals surface area (Å²) in [5, 5.41) is 3.11. The highest BCUT2D eigenvalue weighted by Crippen LogP contribution is 2.29. The molecule has 0 radical (unpaired) electrons. The standard InChI is InChI=1S/C12H9ClF2N2/c13-8-5-4-7(14)6-11(8)17-10-3-1-2-9(15)12(10)16/h1-6,17H,16H2. The van der Waals surface area contributed by atoms with Crippen LogP contribution in [0.1, 0.15) is 0 Å². The molecule has 5 heteroatoms. The molecule has 3 N–H and O–H groups in total. The predicted octanol–water partition coefficient (Wildman–Crippen LogP) is 3.94. The van der Waals surface area contributed by atoms with Gasteiger partial charge in [0.2, 0.25) is 0 Å². The normalized spacial score (nSPS) is 10.3. The van der Waals surface area contributed by atoms with Gasteiger partial charge >= 0.3 is 0 Å². The lowest BCUT2D eigenvalue weighted by molar-refractivity contribution is 0.628. The molecule has 2 rings (SSSR count). The molecule has 0 unspecified atom stereocenters. The fourth-order valence-corrected chi connectivity index (χ4v) is 1.55. The van der Waals surface area contributed by atoms with Crippen LogP contribution < -0.4 is 11.1 Å². The van der Waals surface area contributed by atoms with Crippen LogP contribution in [0.3, 0.4) is 0 Å². The van der Waals surface area contributed by atoms with Crippen LogP contribution in [-0.2, 0) is 0 Å². The summed E-state index contributed by atoms with van der Waals surface area (Å²) < 4.78 is 26.2. The van der Waals surface area contributed by atoms with E-state index in [2.05, 4.69) is 5.32 Å². The van der Waals surface area contributed by atoms with E-state index in [0.717, 1.165) is 0 Å². The number of nitrogens with one attached hydrogen (secondary N) is 1. The number of hydrogen-bond acceptors (Lipinski definition) is 2. The summed E-state index contributed by atoms with van der Waals surface area (Å²) in [6.07, 6.45) is 0. The number of benzene rings is 2. The maximum atomic E-state index is 13.2. The van der Waals surface area contributed by atoms with Crippen molar-refractivity contribution in [3.05, 3.63) is 53.1 Å². The van der Waals surface area contributed by atoms with E-state index in [-0.39, 0.29) is 5.69 Å². The number of halogens is 3. The Hall–Kier alpha value is -1.81. The minimum atomic E-state index is -0.539. The van der Waals surface area contributed by atoms with Gasteiger partial charge in [0, 0.05) is 0 Å². The Labute approximate surface area is 102 Å². The van der Waals surface area contributed by atoms with Crippen LogP contribution >= 0.6 is 11.6 Å². The molecule has 2 nitrogen and oxygen atoms in total. The molecule has 0 saturated heterocycles. The molecule has 88 valence electrons. The molecule has 0 amide bonds. The van der Waals surface area contributed by atoms with Gasteiger partial charge < -0.3 is 11.1 Å². The monoisotopic (exact) mass is 254 g/mol. The molecule has 17 heavy (non-hydrogen) atoms. The highest BCUT2D eigenvalue weighted by Gasteiger charge is 2.07. The first-order chi connectivity index (χ1) is 8.08. The van der Waals surface area contributed by atoms with Crippen molar-refractivity contribution < 1.29 is 8.78 Å². The zero-order valence-corrected chi connectivity index (χ0v) is 9.43. The number of nitrogen functional groups attached to an aromatic ring is 1. The molecule has 0 heterocycles. The van der Waals surface area contributed by atoms with Crippen LogP contribution in [0.5, 0.6) is 0 Å². The summed E-state index contributed by atoms with van der Waals surface area (Å²) in [6, 6.07) is 8.19. The Morgan fingerprint density at radius 2 is 1.82 bits per heavy atom. The second-order valence-corrected chi connectivity index (χ2v) is 3.86. The van der Waals surface area contributed by atoms with Crippen LogP contribution in [0.4, 0.5) is 25.8 Å². The van der Waals surface area contributed by atoms with E-state index in [9.17, 15) is 8.78 Å². The average molecular weight is 255 g/mol. The van der Waals surface area contributed by atoms with Gasteiger partial charge in [-0.2, -0.15) is 0 Å². The third-order valence-electron chi connectivity index (χ3n) is 2.25. The molecule has 0 bridgehead atoms. The van der Waals surface area contributed by atoms with Crippen LogP contribution in [0.25, 0.3) is 0 Å². The third-order valence-corrected chi connectivity index (χ3v) is 2.58. The van der Waals surface area contributed by atoms with Gasteiger partial charge in [0.05, 0.1) is 22.1 Å². The first-order valence-corrected chi connectivity index (χ1v) is 5.22. The Morgan fingerprint density at radius 3 is 2.59 bits per heavy atom. The maximum Gasteiger partial charge on any atom is 0.148 e.